The highest BCUT2D eigenvalue weighted by Crippen LogP contribution is 2.23. The fourth-order valence-electron chi connectivity index (χ4n) is 3.48. The van der Waals surface area contributed by atoms with Gasteiger partial charge in [-0.15, -0.1) is 0 Å². The largest absolute Gasteiger partial charge is 0.465 e. The quantitative estimate of drug-likeness (QED) is 0.272. The fourth-order valence-corrected chi connectivity index (χ4v) is 3.48. The average Bonchev–Trinajstić information content (AvgIpc) is 3.26. The second-order valence-corrected chi connectivity index (χ2v) is 7.95. The van der Waals surface area contributed by atoms with Gasteiger partial charge in [-0.05, 0) is 60.7 Å². The first-order valence-corrected chi connectivity index (χ1v) is 11.2. The number of aryl methyl sites for hydroxylation is 1. The molecule has 0 saturated carbocycles. The van der Waals surface area contributed by atoms with E-state index in [1.807, 2.05) is 66.7 Å². The zero-order valence-electron chi connectivity index (χ0n) is 20.1. The number of carbonyl (C=O) groups is 2. The van der Waals surface area contributed by atoms with Gasteiger partial charge in [0.1, 0.15) is 17.5 Å². The molecule has 36 heavy (non-hydrogen) atoms. The number of methoxy groups -OCH3 is 1. The SMILES string of the molecule is COC(=O)c1ccc(-c2ccc(C#Cc3onc(C)c3NC(=O)OC(C)c3ccccc3)cc2)cc1. The number of hydrogen-bond acceptors (Lipinski definition) is 6. The molecule has 0 spiro atoms. The summed E-state index contributed by atoms with van der Waals surface area (Å²) in [6.07, 6.45) is -1.04. The van der Waals surface area contributed by atoms with Crippen LogP contribution in [0.5, 0.6) is 0 Å². The predicted octanol–water partition coefficient (Wildman–Crippen LogP) is 6.15. The zero-order chi connectivity index (χ0) is 25.5. The number of amides is 1. The number of carbonyl (C=O) groups excluding carboxylic acids is 2. The summed E-state index contributed by atoms with van der Waals surface area (Å²) in [6, 6.07) is 24.3. The molecule has 0 fully saturated rings. The van der Waals surface area contributed by atoms with E-state index < -0.39 is 12.2 Å². The van der Waals surface area contributed by atoms with Crippen molar-refractivity contribution in [3.05, 3.63) is 107 Å². The van der Waals surface area contributed by atoms with Crippen molar-refractivity contribution < 1.29 is 23.6 Å². The number of rotatable bonds is 5. The van der Waals surface area contributed by atoms with Crippen LogP contribution in [0, 0.1) is 18.8 Å². The molecular weight excluding hydrogens is 456 g/mol. The van der Waals surface area contributed by atoms with Crippen molar-refractivity contribution in [3.8, 4) is 23.0 Å². The van der Waals surface area contributed by atoms with E-state index in [2.05, 4.69) is 22.3 Å². The van der Waals surface area contributed by atoms with Crippen LogP contribution in [0.1, 0.15) is 46.0 Å². The Morgan fingerprint density at radius 3 is 2.19 bits per heavy atom. The number of anilines is 1. The van der Waals surface area contributed by atoms with Crippen molar-refractivity contribution >= 4 is 17.7 Å². The summed E-state index contributed by atoms with van der Waals surface area (Å²) in [4.78, 5) is 24.0. The highest BCUT2D eigenvalue weighted by Gasteiger charge is 2.17. The summed E-state index contributed by atoms with van der Waals surface area (Å²) in [5.41, 5.74) is 4.94. The first-order valence-electron chi connectivity index (χ1n) is 11.2. The minimum atomic E-state index is -0.622. The zero-order valence-corrected chi connectivity index (χ0v) is 20.1. The summed E-state index contributed by atoms with van der Waals surface area (Å²) in [7, 11) is 1.35. The molecule has 4 rings (SSSR count). The van der Waals surface area contributed by atoms with Crippen LogP contribution in [-0.2, 0) is 9.47 Å². The molecule has 1 unspecified atom stereocenters. The summed E-state index contributed by atoms with van der Waals surface area (Å²) < 4.78 is 15.5. The Hall–Kier alpha value is -4.83. The van der Waals surface area contributed by atoms with Gasteiger partial charge < -0.3 is 14.0 Å². The van der Waals surface area contributed by atoms with Gasteiger partial charge in [0.2, 0.25) is 5.76 Å². The van der Waals surface area contributed by atoms with Crippen molar-refractivity contribution in [1.82, 2.24) is 5.16 Å². The molecule has 0 saturated heterocycles. The maximum absolute atomic E-state index is 12.4. The Labute approximate surface area is 209 Å². The molecular formula is C29H24N2O5. The molecule has 1 atom stereocenters. The Balaban J connectivity index is 1.44. The summed E-state index contributed by atoms with van der Waals surface area (Å²) in [5, 5.41) is 6.61. The summed E-state index contributed by atoms with van der Waals surface area (Å²) in [6.45, 7) is 3.51. The van der Waals surface area contributed by atoms with Crippen molar-refractivity contribution in [2.45, 2.75) is 20.0 Å². The van der Waals surface area contributed by atoms with Crippen molar-refractivity contribution in [1.29, 1.82) is 0 Å². The number of aromatic nitrogens is 1. The molecule has 7 nitrogen and oxygen atoms in total. The molecule has 3 aromatic carbocycles. The van der Waals surface area contributed by atoms with E-state index in [-0.39, 0.29) is 11.7 Å². The van der Waals surface area contributed by atoms with Gasteiger partial charge in [-0.3, -0.25) is 5.32 Å². The molecule has 180 valence electrons. The minimum absolute atomic E-state index is 0.235. The lowest BCUT2D eigenvalue weighted by atomic mass is 10.0. The van der Waals surface area contributed by atoms with E-state index in [0.29, 0.717) is 16.9 Å². The Morgan fingerprint density at radius 1 is 0.917 bits per heavy atom. The van der Waals surface area contributed by atoms with Gasteiger partial charge in [0.05, 0.1) is 12.7 Å². The van der Waals surface area contributed by atoms with E-state index in [4.69, 9.17) is 14.0 Å². The number of esters is 1. The third-order valence-electron chi connectivity index (χ3n) is 5.49. The van der Waals surface area contributed by atoms with Gasteiger partial charge in [-0.2, -0.15) is 0 Å². The van der Waals surface area contributed by atoms with Gasteiger partial charge in [0.25, 0.3) is 0 Å². The third-order valence-corrected chi connectivity index (χ3v) is 5.49. The Bertz CT molecular complexity index is 1410. The summed E-state index contributed by atoms with van der Waals surface area (Å²) >= 11 is 0. The van der Waals surface area contributed by atoms with Crippen LogP contribution < -0.4 is 5.32 Å². The van der Waals surface area contributed by atoms with E-state index in [1.165, 1.54) is 7.11 Å². The van der Waals surface area contributed by atoms with Crippen molar-refractivity contribution in [2.75, 3.05) is 12.4 Å². The summed E-state index contributed by atoms with van der Waals surface area (Å²) in [5.74, 6) is 5.82. The third kappa shape index (κ3) is 5.80. The molecule has 0 bridgehead atoms. The minimum Gasteiger partial charge on any atom is -0.465 e. The van der Waals surface area contributed by atoms with E-state index in [1.54, 1.807) is 26.0 Å². The first-order chi connectivity index (χ1) is 17.4. The van der Waals surface area contributed by atoms with Gasteiger partial charge in [-0.1, -0.05) is 65.7 Å². The maximum atomic E-state index is 12.4. The lowest BCUT2D eigenvalue weighted by Crippen LogP contribution is -2.16. The fraction of sp³-hybridized carbons (Fsp3) is 0.138. The monoisotopic (exact) mass is 480 g/mol. The van der Waals surface area contributed by atoms with Crippen LogP contribution in [-0.4, -0.2) is 24.3 Å². The number of benzene rings is 3. The van der Waals surface area contributed by atoms with Crippen LogP contribution in [0.25, 0.3) is 11.1 Å². The van der Waals surface area contributed by atoms with Crippen LogP contribution >= 0.6 is 0 Å². The second-order valence-electron chi connectivity index (χ2n) is 7.95. The Kier molecular flexibility index (Phi) is 7.47. The molecule has 0 aliphatic rings. The van der Waals surface area contributed by atoms with E-state index >= 15 is 0 Å². The number of nitrogens with zero attached hydrogens (tertiary/aromatic N) is 1. The first kappa shape index (κ1) is 24.3. The Morgan fingerprint density at radius 2 is 1.56 bits per heavy atom. The molecule has 0 radical (unpaired) electrons. The highest BCUT2D eigenvalue weighted by atomic mass is 16.6. The predicted molar refractivity (Wildman–Crippen MR) is 135 cm³/mol. The molecule has 0 aliphatic heterocycles. The topological polar surface area (TPSA) is 90.7 Å². The average molecular weight is 481 g/mol. The smallest absolute Gasteiger partial charge is 0.412 e. The van der Waals surface area contributed by atoms with Gasteiger partial charge in [-0.25, -0.2) is 9.59 Å². The van der Waals surface area contributed by atoms with Gasteiger partial charge in [0.15, 0.2) is 0 Å². The number of nitrogens with one attached hydrogen (secondary N) is 1. The molecule has 1 amide bonds. The molecule has 7 heteroatoms. The maximum Gasteiger partial charge on any atom is 0.412 e. The molecule has 1 aromatic heterocycles. The number of hydrogen-bond donors (Lipinski definition) is 1. The van der Waals surface area contributed by atoms with Crippen molar-refractivity contribution in [2.24, 2.45) is 0 Å². The highest BCUT2D eigenvalue weighted by molar-refractivity contribution is 5.90. The van der Waals surface area contributed by atoms with E-state index in [0.717, 1.165) is 22.3 Å². The van der Waals surface area contributed by atoms with Crippen LogP contribution in [0.4, 0.5) is 10.5 Å². The van der Waals surface area contributed by atoms with Crippen LogP contribution in [0.15, 0.2) is 83.4 Å². The normalized spacial score (nSPS) is 11.1. The molecule has 4 aromatic rings. The van der Waals surface area contributed by atoms with Crippen LogP contribution in [0.3, 0.4) is 0 Å². The van der Waals surface area contributed by atoms with Crippen molar-refractivity contribution in [3.63, 3.8) is 0 Å². The second kappa shape index (κ2) is 11.1. The van der Waals surface area contributed by atoms with Gasteiger partial charge >= 0.3 is 12.1 Å². The van der Waals surface area contributed by atoms with Crippen LogP contribution in [0.2, 0.25) is 0 Å². The molecule has 1 N–H and O–H groups in total. The lowest BCUT2D eigenvalue weighted by molar-refractivity contribution is 0.0600. The lowest BCUT2D eigenvalue weighted by Gasteiger charge is -2.13. The molecule has 0 aliphatic carbocycles. The number of ether oxygens (including phenoxy) is 2. The van der Waals surface area contributed by atoms with E-state index in [9.17, 15) is 9.59 Å². The standard InChI is InChI=1S/C29H24N2O5/c1-19-27(30-29(33)35-20(2)22-7-5-4-6-8-22)26(36-31-19)18-11-21-9-12-23(13-10-21)24-14-16-25(17-15-24)28(32)34-3/h4-10,12-17,20H,1-3H3,(H,30,33). The molecule has 1 heterocycles. The van der Waals surface area contributed by atoms with Gasteiger partial charge in [0, 0.05) is 5.56 Å².